The molecule has 0 aliphatic carbocycles. The predicted molar refractivity (Wildman–Crippen MR) is 137 cm³/mol. The first-order valence-corrected chi connectivity index (χ1v) is 12.1. The van der Waals surface area contributed by atoms with Gasteiger partial charge in [-0.2, -0.15) is 5.26 Å². The van der Waals surface area contributed by atoms with Gasteiger partial charge in [0.05, 0.1) is 55.2 Å². The summed E-state index contributed by atoms with van der Waals surface area (Å²) in [4.78, 5) is 40.5. The number of allylic oxidation sites excluding steroid dienone is 1. The van der Waals surface area contributed by atoms with Crippen molar-refractivity contribution in [3.8, 4) is 6.07 Å². The number of esters is 3. The second-order valence-electron chi connectivity index (χ2n) is 7.34. The van der Waals surface area contributed by atoms with Crippen molar-refractivity contribution in [3.63, 3.8) is 0 Å². The molecule has 0 saturated heterocycles. The third-order valence-electron chi connectivity index (χ3n) is 5.36. The Kier molecular flexibility index (Phi) is 8.55. The number of methoxy groups -OCH3 is 2. The number of nitrogens with two attached hydrogens (primary N) is 1. The fraction of sp³-hybridized carbons (Fsp3) is 0.200. The number of benzene rings is 2. The van der Waals surface area contributed by atoms with E-state index in [1.165, 1.54) is 6.07 Å². The molecule has 0 radical (unpaired) electrons. The van der Waals surface area contributed by atoms with E-state index in [1.54, 1.807) is 43.3 Å². The van der Waals surface area contributed by atoms with Crippen molar-refractivity contribution < 1.29 is 28.6 Å². The maximum Gasteiger partial charge on any atom is 0.355 e. The average molecular weight is 619 g/mol. The van der Waals surface area contributed by atoms with E-state index >= 15 is 0 Å². The molecule has 0 bridgehead atoms. The third kappa shape index (κ3) is 4.87. The molecule has 1 aliphatic heterocycles. The van der Waals surface area contributed by atoms with Crippen molar-refractivity contribution in [1.29, 1.82) is 5.26 Å². The summed E-state index contributed by atoms with van der Waals surface area (Å²) in [6, 6.07) is 13.8. The number of halogens is 2. The van der Waals surface area contributed by atoms with Crippen LogP contribution in [-0.2, 0) is 23.8 Å². The second-order valence-corrected chi connectivity index (χ2v) is 9.11. The van der Waals surface area contributed by atoms with Gasteiger partial charge in [0.2, 0.25) is 0 Å². The molecule has 3 rings (SSSR count). The van der Waals surface area contributed by atoms with Gasteiger partial charge in [0.1, 0.15) is 11.5 Å². The molecule has 0 fully saturated rings. The highest BCUT2D eigenvalue weighted by atomic mass is 79.9. The molecule has 186 valence electrons. The van der Waals surface area contributed by atoms with E-state index in [4.69, 9.17) is 19.9 Å². The monoisotopic (exact) mass is 617 g/mol. The van der Waals surface area contributed by atoms with Crippen LogP contribution < -0.4 is 10.6 Å². The van der Waals surface area contributed by atoms with Gasteiger partial charge < -0.3 is 19.9 Å². The minimum atomic E-state index is -1.03. The summed E-state index contributed by atoms with van der Waals surface area (Å²) < 4.78 is 16.1. The molecule has 1 unspecified atom stereocenters. The number of hydrogen-bond donors (Lipinski definition) is 1. The molecule has 36 heavy (non-hydrogen) atoms. The van der Waals surface area contributed by atoms with Crippen molar-refractivity contribution >= 4 is 55.5 Å². The van der Waals surface area contributed by atoms with E-state index < -0.39 is 23.8 Å². The molecule has 11 heteroatoms. The highest BCUT2D eigenvalue weighted by molar-refractivity contribution is 9.11. The van der Waals surface area contributed by atoms with Crippen LogP contribution in [0.15, 0.2) is 74.1 Å². The smallest absolute Gasteiger partial charge is 0.355 e. The number of hydrogen-bond acceptors (Lipinski definition) is 9. The molecule has 2 aromatic rings. The molecule has 1 atom stereocenters. The summed E-state index contributed by atoms with van der Waals surface area (Å²) in [5.74, 6) is -3.72. The largest absolute Gasteiger partial charge is 0.466 e. The van der Waals surface area contributed by atoms with Crippen LogP contribution in [-0.4, -0.2) is 38.7 Å². The number of nitriles is 1. The van der Waals surface area contributed by atoms with Gasteiger partial charge in [-0.3, -0.25) is 4.90 Å². The molecular formula is C25H21Br2N3O6. The van der Waals surface area contributed by atoms with E-state index in [1.807, 2.05) is 0 Å². The maximum atomic E-state index is 13.3. The lowest BCUT2D eigenvalue weighted by Gasteiger charge is -2.37. The highest BCUT2D eigenvalue weighted by Crippen LogP contribution is 2.46. The Labute approximate surface area is 224 Å². The van der Waals surface area contributed by atoms with Crippen molar-refractivity contribution in [2.45, 2.75) is 12.8 Å². The van der Waals surface area contributed by atoms with Crippen LogP contribution in [0.4, 0.5) is 5.69 Å². The average Bonchev–Trinajstić information content (AvgIpc) is 2.87. The zero-order valence-corrected chi connectivity index (χ0v) is 22.7. The molecule has 0 aromatic heterocycles. The Morgan fingerprint density at radius 3 is 2.25 bits per heavy atom. The van der Waals surface area contributed by atoms with E-state index in [9.17, 15) is 19.6 Å². The molecule has 1 aliphatic rings. The summed E-state index contributed by atoms with van der Waals surface area (Å²) in [7, 11) is 2.30. The van der Waals surface area contributed by atoms with Crippen LogP contribution in [0.5, 0.6) is 0 Å². The summed E-state index contributed by atoms with van der Waals surface area (Å²) in [5.41, 5.74) is 6.65. The fourth-order valence-electron chi connectivity index (χ4n) is 3.90. The molecule has 2 aromatic carbocycles. The summed E-state index contributed by atoms with van der Waals surface area (Å²) in [5, 5.41) is 10.2. The number of carbonyl (C=O) groups is 3. The molecule has 0 amide bonds. The van der Waals surface area contributed by atoms with Gasteiger partial charge in [0, 0.05) is 8.95 Å². The van der Waals surface area contributed by atoms with Crippen LogP contribution in [0.3, 0.4) is 0 Å². The van der Waals surface area contributed by atoms with Crippen molar-refractivity contribution in [2.75, 3.05) is 25.7 Å². The first-order chi connectivity index (χ1) is 17.2. The van der Waals surface area contributed by atoms with E-state index in [-0.39, 0.29) is 40.5 Å². The maximum absolute atomic E-state index is 13.3. The second kappa shape index (κ2) is 11.4. The molecular weight excluding hydrogens is 598 g/mol. The van der Waals surface area contributed by atoms with Crippen LogP contribution in [0.1, 0.15) is 28.8 Å². The summed E-state index contributed by atoms with van der Waals surface area (Å²) in [6.45, 7) is 1.73. The first kappa shape index (κ1) is 27.0. The summed E-state index contributed by atoms with van der Waals surface area (Å²) in [6.07, 6.45) is 0. The Hall–Kier alpha value is -3.62. The molecule has 0 spiro atoms. The van der Waals surface area contributed by atoms with Gasteiger partial charge in [0.25, 0.3) is 0 Å². The van der Waals surface area contributed by atoms with Crippen LogP contribution >= 0.6 is 31.9 Å². The Balaban J connectivity index is 2.50. The molecule has 0 saturated carbocycles. The third-order valence-corrected chi connectivity index (χ3v) is 6.42. The lowest BCUT2D eigenvalue weighted by Crippen LogP contribution is -2.41. The van der Waals surface area contributed by atoms with Gasteiger partial charge in [0.15, 0.2) is 0 Å². The van der Waals surface area contributed by atoms with E-state index in [2.05, 4.69) is 37.9 Å². The number of ether oxygens (including phenoxy) is 3. The van der Waals surface area contributed by atoms with Gasteiger partial charge >= 0.3 is 17.9 Å². The van der Waals surface area contributed by atoms with Crippen LogP contribution in [0, 0.1) is 11.3 Å². The number of carbonyl (C=O) groups excluding carboxylic acids is 3. The molecule has 2 N–H and O–H groups in total. The number of rotatable bonds is 6. The lowest BCUT2D eigenvalue weighted by atomic mass is 9.80. The predicted octanol–water partition coefficient (Wildman–Crippen LogP) is 4.29. The highest BCUT2D eigenvalue weighted by Gasteiger charge is 2.44. The molecule has 9 nitrogen and oxygen atoms in total. The Bertz CT molecular complexity index is 1330. The normalized spacial score (nSPS) is 15.3. The van der Waals surface area contributed by atoms with Gasteiger partial charge in [-0.1, -0.05) is 46.3 Å². The Morgan fingerprint density at radius 1 is 1.06 bits per heavy atom. The van der Waals surface area contributed by atoms with E-state index in [0.29, 0.717) is 14.5 Å². The van der Waals surface area contributed by atoms with Crippen molar-refractivity contribution in [1.82, 2.24) is 0 Å². The number of nitrogens with zero attached hydrogens (tertiary/aromatic N) is 2. The SMILES string of the molecule is CCOC(=O)c1cc(Br)cc(Br)c1N1C(N)=C(C#N)C(c2ccccc2)C(C(=O)OC)=C1C(=O)OC. The van der Waals surface area contributed by atoms with Gasteiger partial charge in [-0.05, 0) is 40.5 Å². The lowest BCUT2D eigenvalue weighted by molar-refractivity contribution is -0.139. The zero-order valence-electron chi connectivity index (χ0n) is 19.5. The Morgan fingerprint density at radius 2 is 1.69 bits per heavy atom. The summed E-state index contributed by atoms with van der Waals surface area (Å²) >= 11 is 6.77. The topological polar surface area (TPSA) is 132 Å². The van der Waals surface area contributed by atoms with Crippen LogP contribution in [0.25, 0.3) is 0 Å². The number of anilines is 1. The minimum absolute atomic E-state index is 0.0159. The van der Waals surface area contributed by atoms with Crippen molar-refractivity contribution in [2.24, 2.45) is 5.73 Å². The fourth-order valence-corrected chi connectivity index (χ4v) is 5.31. The molecule has 1 heterocycles. The quantitative estimate of drug-likeness (QED) is 0.372. The van der Waals surface area contributed by atoms with Crippen LogP contribution in [0.2, 0.25) is 0 Å². The first-order valence-electron chi connectivity index (χ1n) is 10.5. The van der Waals surface area contributed by atoms with E-state index in [0.717, 1.165) is 19.1 Å². The standard InChI is InChI=1S/C25H21Br2N3O6/c1-4-36-23(31)15-10-14(26)11-17(27)20(15)30-21(25(33)35-3)19(24(32)34-2)18(16(12-28)22(30)29)13-8-6-5-7-9-13/h5-11,18H,4,29H2,1-3H3. The minimum Gasteiger partial charge on any atom is -0.466 e. The van der Waals surface area contributed by atoms with Crippen molar-refractivity contribution in [3.05, 3.63) is 85.2 Å². The zero-order chi connectivity index (χ0) is 26.6. The van der Waals surface area contributed by atoms with Gasteiger partial charge in [-0.25, -0.2) is 14.4 Å². The van der Waals surface area contributed by atoms with Gasteiger partial charge in [-0.15, -0.1) is 0 Å².